The van der Waals surface area contributed by atoms with E-state index in [1.807, 2.05) is 36.4 Å². The van der Waals surface area contributed by atoms with Crippen LogP contribution in [0.2, 0.25) is 10.0 Å². The van der Waals surface area contributed by atoms with Crippen molar-refractivity contribution in [3.63, 3.8) is 0 Å². The Morgan fingerprint density at radius 1 is 1.00 bits per heavy atom. The predicted molar refractivity (Wildman–Crippen MR) is 106 cm³/mol. The van der Waals surface area contributed by atoms with Gasteiger partial charge < -0.3 is 10.2 Å². The van der Waals surface area contributed by atoms with E-state index in [-0.39, 0.29) is 12.5 Å². The summed E-state index contributed by atoms with van der Waals surface area (Å²) in [5.74, 6) is 0.618. The molecule has 2 aromatic carbocycles. The number of amides is 1. The van der Waals surface area contributed by atoms with Gasteiger partial charge in [-0.1, -0.05) is 59.6 Å². The zero-order chi connectivity index (χ0) is 18.1. The number of anilines is 2. The van der Waals surface area contributed by atoms with Gasteiger partial charge in [0, 0.05) is 27.4 Å². The molecule has 0 unspecified atom stereocenters. The number of aromatic nitrogens is 1. The minimum Gasteiger partial charge on any atom is -0.359 e. The summed E-state index contributed by atoms with van der Waals surface area (Å²) >= 11 is 12.6. The van der Waals surface area contributed by atoms with Gasteiger partial charge in [-0.15, -0.1) is 0 Å². The summed E-state index contributed by atoms with van der Waals surface area (Å²) in [4.78, 5) is 18.8. The lowest BCUT2D eigenvalue weighted by molar-refractivity contribution is -0.117. The molecule has 1 aromatic heterocycles. The molecule has 3 aromatic rings. The van der Waals surface area contributed by atoms with Crippen LogP contribution in [-0.4, -0.2) is 17.4 Å². The van der Waals surface area contributed by atoms with Crippen molar-refractivity contribution in [1.82, 2.24) is 4.98 Å². The number of benzene rings is 2. The van der Waals surface area contributed by atoms with Gasteiger partial charge in [0.25, 0.3) is 0 Å². The maximum atomic E-state index is 12.6. The molecule has 1 N–H and O–H groups in total. The van der Waals surface area contributed by atoms with E-state index in [1.165, 1.54) is 0 Å². The summed E-state index contributed by atoms with van der Waals surface area (Å²) in [7, 11) is 0. The maximum Gasteiger partial charge on any atom is 0.246 e. The molecule has 0 saturated heterocycles. The molecule has 0 bridgehead atoms. The topological polar surface area (TPSA) is 45.2 Å². The molecule has 1 aliphatic rings. The highest BCUT2D eigenvalue weighted by Gasteiger charge is 2.26. The zero-order valence-corrected chi connectivity index (χ0v) is 15.3. The molecular formula is C20H15Cl2N3O. The Labute approximate surface area is 161 Å². The third kappa shape index (κ3) is 3.14. The van der Waals surface area contributed by atoms with Crippen molar-refractivity contribution in [2.75, 3.05) is 16.8 Å². The van der Waals surface area contributed by atoms with E-state index in [4.69, 9.17) is 23.2 Å². The Balaban J connectivity index is 1.77. The number of carbonyl (C=O) groups is 1. The van der Waals surface area contributed by atoms with Gasteiger partial charge in [-0.25, -0.2) is 4.98 Å². The Morgan fingerprint density at radius 3 is 2.46 bits per heavy atom. The molecule has 26 heavy (non-hydrogen) atoms. The summed E-state index contributed by atoms with van der Waals surface area (Å²) in [5, 5.41) is 4.15. The van der Waals surface area contributed by atoms with E-state index in [0.29, 0.717) is 22.4 Å². The first-order valence-electron chi connectivity index (χ1n) is 8.16. The summed E-state index contributed by atoms with van der Waals surface area (Å²) < 4.78 is 0. The fraction of sp³-hybridized carbons (Fsp3) is 0.100. The van der Waals surface area contributed by atoms with Gasteiger partial charge in [-0.2, -0.15) is 0 Å². The fourth-order valence-electron chi connectivity index (χ4n) is 2.99. The monoisotopic (exact) mass is 383 g/mol. The summed E-state index contributed by atoms with van der Waals surface area (Å²) in [6.45, 7) is 0.485. The van der Waals surface area contributed by atoms with Gasteiger partial charge in [0.2, 0.25) is 5.91 Å². The molecule has 1 aliphatic heterocycles. The molecule has 4 rings (SSSR count). The molecule has 0 atom stereocenters. The first-order valence-corrected chi connectivity index (χ1v) is 8.91. The van der Waals surface area contributed by atoms with E-state index >= 15 is 0 Å². The number of fused-ring (bicyclic) bond motifs is 1. The van der Waals surface area contributed by atoms with Gasteiger partial charge in [0.1, 0.15) is 0 Å². The first kappa shape index (κ1) is 16.9. The molecule has 0 aliphatic carbocycles. The molecule has 2 heterocycles. The normalized spacial score (nSPS) is 13.3. The number of carbonyl (C=O) groups excluding carboxylic acids is 1. The van der Waals surface area contributed by atoms with Crippen LogP contribution in [0.5, 0.6) is 0 Å². The lowest BCUT2D eigenvalue weighted by Gasteiger charge is -2.30. The highest BCUT2D eigenvalue weighted by atomic mass is 35.5. The van der Waals surface area contributed by atoms with E-state index in [2.05, 4.69) is 10.3 Å². The zero-order valence-electron chi connectivity index (χ0n) is 13.7. The van der Waals surface area contributed by atoms with E-state index in [1.54, 1.807) is 29.3 Å². The van der Waals surface area contributed by atoms with Gasteiger partial charge in [0.15, 0.2) is 5.82 Å². The van der Waals surface area contributed by atoms with Crippen molar-refractivity contribution in [3.05, 3.63) is 76.4 Å². The Morgan fingerprint density at radius 2 is 1.73 bits per heavy atom. The number of rotatable bonds is 3. The predicted octanol–water partition coefficient (Wildman–Crippen LogP) is 5.01. The standard InChI is InChI=1S/C20H15Cl2N3O/c21-16-7-4-8-17(22)15(16)12-25-18-9-14(13-5-2-1-3-6-13)10-23-20(18)24-11-19(25)26/h1-10H,11-12H2,(H,23,24). The molecule has 6 heteroatoms. The third-order valence-electron chi connectivity index (χ3n) is 4.35. The van der Waals surface area contributed by atoms with E-state index in [9.17, 15) is 4.79 Å². The second-order valence-corrected chi connectivity index (χ2v) is 6.81. The van der Waals surface area contributed by atoms with Gasteiger partial charge in [-0.05, 0) is 23.8 Å². The van der Waals surface area contributed by atoms with Crippen LogP contribution in [0.4, 0.5) is 11.5 Å². The van der Waals surface area contributed by atoms with Crippen molar-refractivity contribution in [2.45, 2.75) is 6.54 Å². The van der Waals surface area contributed by atoms with Crippen molar-refractivity contribution in [3.8, 4) is 11.1 Å². The highest BCUT2D eigenvalue weighted by molar-refractivity contribution is 6.36. The molecule has 1 amide bonds. The van der Waals surface area contributed by atoms with Crippen molar-refractivity contribution in [2.24, 2.45) is 0 Å². The molecule has 0 fully saturated rings. The number of nitrogens with one attached hydrogen (secondary N) is 1. The lowest BCUT2D eigenvalue weighted by atomic mass is 10.1. The van der Waals surface area contributed by atoms with Crippen LogP contribution in [0.25, 0.3) is 11.1 Å². The molecular weight excluding hydrogens is 369 g/mol. The van der Waals surface area contributed by atoms with Crippen molar-refractivity contribution in [1.29, 1.82) is 0 Å². The number of pyridine rings is 1. The van der Waals surface area contributed by atoms with Crippen LogP contribution in [0.1, 0.15) is 5.56 Å². The maximum absolute atomic E-state index is 12.6. The minimum absolute atomic E-state index is 0.0551. The molecule has 0 spiro atoms. The summed E-state index contributed by atoms with van der Waals surface area (Å²) in [6, 6.07) is 17.2. The van der Waals surface area contributed by atoms with Gasteiger partial charge in [0.05, 0.1) is 18.8 Å². The van der Waals surface area contributed by atoms with E-state index < -0.39 is 0 Å². The molecule has 130 valence electrons. The average Bonchev–Trinajstić information content (AvgIpc) is 2.66. The SMILES string of the molecule is O=C1CNc2ncc(-c3ccccc3)cc2N1Cc1c(Cl)cccc1Cl. The average molecular weight is 384 g/mol. The van der Waals surface area contributed by atoms with Crippen LogP contribution in [0.3, 0.4) is 0 Å². The first-order chi connectivity index (χ1) is 12.6. The molecule has 0 radical (unpaired) electrons. The quantitative estimate of drug-likeness (QED) is 0.690. The van der Waals surface area contributed by atoms with Gasteiger partial charge in [-0.3, -0.25) is 4.79 Å². The van der Waals surface area contributed by atoms with Crippen LogP contribution in [0.15, 0.2) is 60.8 Å². The second-order valence-electron chi connectivity index (χ2n) is 5.99. The number of nitrogens with zero attached hydrogens (tertiary/aromatic N) is 2. The third-order valence-corrected chi connectivity index (χ3v) is 5.06. The van der Waals surface area contributed by atoms with E-state index in [0.717, 1.165) is 22.4 Å². The van der Waals surface area contributed by atoms with Gasteiger partial charge >= 0.3 is 0 Å². The van der Waals surface area contributed by atoms with Crippen molar-refractivity contribution >= 4 is 40.6 Å². The summed E-state index contributed by atoms with van der Waals surface area (Å²) in [6.07, 6.45) is 1.80. The van der Waals surface area contributed by atoms with Crippen molar-refractivity contribution < 1.29 is 4.79 Å². The van der Waals surface area contributed by atoms with Crippen LogP contribution in [0, 0.1) is 0 Å². The smallest absolute Gasteiger partial charge is 0.246 e. The minimum atomic E-state index is -0.0551. The molecule has 4 nitrogen and oxygen atoms in total. The van der Waals surface area contributed by atoms with Crippen LogP contribution in [-0.2, 0) is 11.3 Å². The Hall–Kier alpha value is -2.56. The molecule has 0 saturated carbocycles. The Bertz CT molecular complexity index is 956. The largest absolute Gasteiger partial charge is 0.359 e. The van der Waals surface area contributed by atoms with Crippen LogP contribution < -0.4 is 10.2 Å². The number of halogens is 2. The van der Waals surface area contributed by atoms with Crippen LogP contribution >= 0.6 is 23.2 Å². The Kier molecular flexibility index (Phi) is 4.53. The lowest BCUT2D eigenvalue weighted by Crippen LogP contribution is -2.39. The number of hydrogen-bond donors (Lipinski definition) is 1. The second kappa shape index (κ2) is 6.98. The number of hydrogen-bond acceptors (Lipinski definition) is 3. The summed E-state index contributed by atoms with van der Waals surface area (Å²) in [5.41, 5.74) is 3.42. The fourth-order valence-corrected chi connectivity index (χ4v) is 3.50. The highest BCUT2D eigenvalue weighted by Crippen LogP contribution is 2.35.